The van der Waals surface area contributed by atoms with Gasteiger partial charge in [-0.25, -0.2) is 9.13 Å². The second-order valence-electron chi connectivity index (χ2n) is 4.95. The van der Waals surface area contributed by atoms with E-state index in [1.54, 1.807) is 19.2 Å². The second-order valence-corrected chi connectivity index (χ2v) is 4.95. The van der Waals surface area contributed by atoms with Gasteiger partial charge in [-0.15, -0.1) is 0 Å². The van der Waals surface area contributed by atoms with Gasteiger partial charge in [0, 0.05) is 25.8 Å². The zero-order valence-electron chi connectivity index (χ0n) is 12.5. The third-order valence-corrected chi connectivity index (χ3v) is 3.41. The predicted octanol–water partition coefficient (Wildman–Crippen LogP) is 1.40. The third kappa shape index (κ3) is 3.50. The molecule has 2 aromatic rings. The van der Waals surface area contributed by atoms with E-state index >= 15 is 0 Å². The summed E-state index contributed by atoms with van der Waals surface area (Å²) < 4.78 is 4.05. The van der Waals surface area contributed by atoms with Crippen LogP contribution in [0, 0.1) is 10.1 Å². The van der Waals surface area contributed by atoms with E-state index in [0.29, 0.717) is 5.69 Å². The molecule has 0 radical (unpaired) electrons. The van der Waals surface area contributed by atoms with Crippen LogP contribution in [0.3, 0.4) is 0 Å². The Labute approximate surface area is 123 Å². The smallest absolute Gasteiger partial charge is 0.294 e. The van der Waals surface area contributed by atoms with Crippen molar-refractivity contribution in [2.75, 3.05) is 30.9 Å². The summed E-state index contributed by atoms with van der Waals surface area (Å²) in [6.45, 7) is 1.59. The van der Waals surface area contributed by atoms with Crippen molar-refractivity contribution in [3.05, 3.63) is 47.0 Å². The molecule has 0 aliphatic heterocycles. The molecule has 0 unspecified atom stereocenters. The lowest BCUT2D eigenvalue weighted by molar-refractivity contribution is -0.671. The Kier molecular flexibility index (Phi) is 4.42. The number of nitro benzene ring substituents is 1. The number of nitrogens with one attached hydrogen (secondary N) is 1. The highest BCUT2D eigenvalue weighted by Gasteiger charge is 2.15. The van der Waals surface area contributed by atoms with Crippen LogP contribution in [0.2, 0.25) is 0 Å². The van der Waals surface area contributed by atoms with E-state index in [-0.39, 0.29) is 10.6 Å². The first-order chi connectivity index (χ1) is 10.0. The zero-order chi connectivity index (χ0) is 15.4. The summed E-state index contributed by atoms with van der Waals surface area (Å²) in [7, 11) is 5.58. The van der Waals surface area contributed by atoms with Gasteiger partial charge in [-0.2, -0.15) is 0 Å². The average molecular weight is 290 g/mol. The molecule has 1 N–H and O–H groups in total. The van der Waals surface area contributed by atoms with Gasteiger partial charge >= 0.3 is 0 Å². The van der Waals surface area contributed by atoms with E-state index in [2.05, 4.69) is 9.88 Å². The largest absolute Gasteiger partial charge is 0.383 e. The van der Waals surface area contributed by atoms with Crippen molar-refractivity contribution in [3.63, 3.8) is 0 Å². The Morgan fingerprint density at radius 2 is 2.24 bits per heavy atom. The van der Waals surface area contributed by atoms with Gasteiger partial charge in [0.25, 0.3) is 5.69 Å². The van der Waals surface area contributed by atoms with Crippen molar-refractivity contribution in [2.45, 2.75) is 6.54 Å². The first-order valence-electron chi connectivity index (χ1n) is 6.69. The van der Waals surface area contributed by atoms with E-state index in [1.807, 2.05) is 48.3 Å². The van der Waals surface area contributed by atoms with Gasteiger partial charge in [0.15, 0.2) is 0 Å². The molecule has 0 fully saturated rings. The first kappa shape index (κ1) is 14.8. The summed E-state index contributed by atoms with van der Waals surface area (Å²) in [4.78, 5) is 12.7. The maximum absolute atomic E-state index is 11.1. The summed E-state index contributed by atoms with van der Waals surface area (Å²) in [5, 5.41) is 13.9. The molecule has 0 amide bonds. The fourth-order valence-corrected chi connectivity index (χ4v) is 2.15. The van der Waals surface area contributed by atoms with Crippen LogP contribution in [0.25, 0.3) is 0 Å². The summed E-state index contributed by atoms with van der Waals surface area (Å²) in [6, 6.07) is 5.22. The molecule has 21 heavy (non-hydrogen) atoms. The molecule has 1 aromatic heterocycles. The van der Waals surface area contributed by atoms with Crippen LogP contribution in [0.5, 0.6) is 0 Å². The average Bonchev–Trinajstić information content (AvgIpc) is 2.89. The molecule has 1 aromatic carbocycles. The minimum Gasteiger partial charge on any atom is -0.383 e. The minimum atomic E-state index is -0.366. The molecule has 7 nitrogen and oxygen atoms in total. The van der Waals surface area contributed by atoms with Crippen LogP contribution >= 0.6 is 0 Å². The quantitative estimate of drug-likeness (QED) is 0.496. The molecular formula is C14H20N5O2+. The Morgan fingerprint density at radius 1 is 1.48 bits per heavy atom. The number of hydrogen-bond donors (Lipinski definition) is 1. The number of imidazole rings is 1. The molecule has 0 bridgehead atoms. The Morgan fingerprint density at radius 3 is 2.81 bits per heavy atom. The molecule has 0 saturated heterocycles. The molecule has 1 heterocycles. The highest BCUT2D eigenvalue weighted by molar-refractivity contribution is 5.68. The molecule has 7 heteroatoms. The van der Waals surface area contributed by atoms with Gasteiger partial charge in [-0.05, 0) is 12.1 Å². The molecule has 0 atom stereocenters. The lowest BCUT2D eigenvalue weighted by Gasteiger charge is -2.18. The van der Waals surface area contributed by atoms with Crippen LogP contribution in [-0.4, -0.2) is 30.1 Å². The molecule has 112 valence electrons. The number of hydrogen-bond acceptors (Lipinski definition) is 4. The minimum absolute atomic E-state index is 0.0919. The number of rotatable bonds is 6. The fourth-order valence-electron chi connectivity index (χ4n) is 2.15. The lowest BCUT2D eigenvalue weighted by Crippen LogP contribution is -2.26. The highest BCUT2D eigenvalue weighted by Crippen LogP contribution is 2.28. The Hall–Kier alpha value is -2.57. The normalized spacial score (nSPS) is 10.4. The van der Waals surface area contributed by atoms with E-state index in [1.165, 1.54) is 0 Å². The monoisotopic (exact) mass is 290 g/mol. The maximum Gasteiger partial charge on any atom is 0.294 e. The molecule has 2 rings (SSSR count). The summed E-state index contributed by atoms with van der Waals surface area (Å²) in [5.74, 6) is 0. The Balaban J connectivity index is 2.10. The van der Waals surface area contributed by atoms with Crippen LogP contribution in [0.1, 0.15) is 0 Å². The second kappa shape index (κ2) is 6.25. The van der Waals surface area contributed by atoms with Crippen molar-refractivity contribution in [1.29, 1.82) is 0 Å². The summed E-state index contributed by atoms with van der Waals surface area (Å²) in [6.07, 6.45) is 5.98. The summed E-state index contributed by atoms with van der Waals surface area (Å²) >= 11 is 0. The van der Waals surface area contributed by atoms with Gasteiger partial charge in [0.05, 0.1) is 18.5 Å². The number of aryl methyl sites for hydroxylation is 1. The molecular weight excluding hydrogens is 270 g/mol. The molecule has 0 saturated carbocycles. The van der Waals surface area contributed by atoms with Crippen LogP contribution < -0.4 is 14.8 Å². The Bertz CT molecular complexity index is 638. The number of likely N-dealkylation sites (N-methyl/N-ethyl adjacent to an activating group) is 1. The van der Waals surface area contributed by atoms with E-state index in [0.717, 1.165) is 18.8 Å². The maximum atomic E-state index is 11.1. The number of benzene rings is 1. The summed E-state index contributed by atoms with van der Waals surface area (Å²) in [5.41, 5.74) is 1.45. The van der Waals surface area contributed by atoms with E-state index in [4.69, 9.17) is 0 Å². The van der Waals surface area contributed by atoms with Crippen molar-refractivity contribution in [3.8, 4) is 0 Å². The van der Waals surface area contributed by atoms with Crippen molar-refractivity contribution < 1.29 is 9.49 Å². The van der Waals surface area contributed by atoms with E-state index in [9.17, 15) is 10.1 Å². The number of anilines is 2. The zero-order valence-corrected chi connectivity index (χ0v) is 12.5. The highest BCUT2D eigenvalue weighted by atomic mass is 16.6. The molecule has 0 spiro atoms. The van der Waals surface area contributed by atoms with Gasteiger partial charge in [0.1, 0.15) is 24.6 Å². The topological polar surface area (TPSA) is 67.2 Å². The van der Waals surface area contributed by atoms with Gasteiger partial charge < -0.3 is 10.2 Å². The molecule has 0 aliphatic carbocycles. The predicted molar refractivity (Wildman–Crippen MR) is 81.5 cm³/mol. The molecule has 0 aliphatic rings. The van der Waals surface area contributed by atoms with Crippen molar-refractivity contribution in [1.82, 2.24) is 4.57 Å². The van der Waals surface area contributed by atoms with Gasteiger partial charge in [-0.1, -0.05) is 0 Å². The van der Waals surface area contributed by atoms with E-state index < -0.39 is 0 Å². The first-order valence-corrected chi connectivity index (χ1v) is 6.69. The third-order valence-electron chi connectivity index (χ3n) is 3.41. The number of aromatic nitrogens is 2. The number of nitro groups is 1. The van der Waals surface area contributed by atoms with Crippen LogP contribution in [0.4, 0.5) is 17.1 Å². The SMILES string of the molecule is CNc1ccc(N(C)CCn2cc[n+](C)c2)cc1[N+](=O)[O-]. The lowest BCUT2D eigenvalue weighted by atomic mass is 10.2. The van der Waals surface area contributed by atoms with Crippen LogP contribution in [-0.2, 0) is 13.6 Å². The van der Waals surface area contributed by atoms with Crippen LogP contribution in [0.15, 0.2) is 36.9 Å². The van der Waals surface area contributed by atoms with Crippen molar-refractivity contribution in [2.24, 2.45) is 7.05 Å². The van der Waals surface area contributed by atoms with Gasteiger partial charge in [0.2, 0.25) is 6.33 Å². The van der Waals surface area contributed by atoms with Gasteiger partial charge in [-0.3, -0.25) is 10.1 Å². The van der Waals surface area contributed by atoms with Crippen molar-refractivity contribution >= 4 is 17.1 Å². The fraction of sp³-hybridized carbons (Fsp3) is 0.357. The number of nitrogens with zero attached hydrogens (tertiary/aromatic N) is 4. The standard InChI is InChI=1S/C14H20N5O2/c1-15-13-5-4-12(10-14(13)19(20)21)17(3)7-9-18-8-6-16(2)11-18/h4-6,8,10-11,15H,7,9H2,1-3H3/q+1.